The second kappa shape index (κ2) is 5.83. The van der Waals surface area contributed by atoms with Gasteiger partial charge in [-0.05, 0) is 25.1 Å². The van der Waals surface area contributed by atoms with Crippen LogP contribution in [0.5, 0.6) is 0 Å². The molecule has 2 N–H and O–H groups in total. The van der Waals surface area contributed by atoms with E-state index in [1.54, 1.807) is 0 Å². The van der Waals surface area contributed by atoms with Crippen molar-refractivity contribution in [3.05, 3.63) is 29.8 Å². The molecule has 0 radical (unpaired) electrons. The normalized spacial score (nSPS) is 12.7. The molecule has 0 heterocycles. The average molecular weight is 285 g/mol. The molecule has 19 heavy (non-hydrogen) atoms. The zero-order chi connectivity index (χ0) is 14.6. The molecule has 1 unspecified atom stereocenters. The number of nitrogens with one attached hydrogen (secondary N) is 1. The summed E-state index contributed by atoms with van der Waals surface area (Å²) in [4.78, 5) is 22.4. The lowest BCUT2D eigenvalue weighted by Gasteiger charge is -2.10. The second-order valence-corrected chi connectivity index (χ2v) is 6.24. The first-order valence-corrected chi connectivity index (χ1v) is 7.29. The van der Waals surface area contributed by atoms with Crippen molar-refractivity contribution in [3.8, 4) is 0 Å². The Kier molecular flexibility index (Phi) is 4.66. The minimum absolute atomic E-state index is 0.0469. The highest BCUT2D eigenvalue weighted by atomic mass is 32.2. The van der Waals surface area contributed by atoms with Crippen LogP contribution in [0.4, 0.5) is 0 Å². The lowest BCUT2D eigenvalue weighted by molar-refractivity contribution is -0.138. The van der Waals surface area contributed by atoms with Gasteiger partial charge in [0.1, 0.15) is 6.04 Å². The number of hydrogen-bond acceptors (Lipinski definition) is 4. The molecule has 0 aromatic heterocycles. The van der Waals surface area contributed by atoms with Crippen molar-refractivity contribution in [1.82, 2.24) is 5.32 Å². The Balaban J connectivity index is 3.00. The number of carboxylic acids is 1. The minimum Gasteiger partial charge on any atom is -0.480 e. The molecule has 0 aliphatic rings. The van der Waals surface area contributed by atoms with E-state index in [1.165, 1.54) is 38.1 Å². The third-order valence-corrected chi connectivity index (χ3v) is 4.29. The fraction of sp³-hybridized carbons (Fsp3) is 0.333. The van der Waals surface area contributed by atoms with E-state index < -0.39 is 27.8 Å². The number of sulfone groups is 1. The highest BCUT2D eigenvalue weighted by molar-refractivity contribution is 7.91. The van der Waals surface area contributed by atoms with E-state index >= 15 is 0 Å². The Morgan fingerprint density at radius 1 is 1.37 bits per heavy atom. The summed E-state index contributed by atoms with van der Waals surface area (Å²) >= 11 is 0. The highest BCUT2D eigenvalue weighted by Crippen LogP contribution is 2.13. The molecule has 0 saturated carbocycles. The molecule has 104 valence electrons. The van der Waals surface area contributed by atoms with E-state index in [1.807, 2.05) is 0 Å². The number of amides is 1. The number of aliphatic carboxylic acids is 1. The summed E-state index contributed by atoms with van der Waals surface area (Å²) in [5.41, 5.74) is 0.114. The number of hydrogen-bond donors (Lipinski definition) is 2. The SMILES string of the molecule is CCS(=O)(=O)c1cccc(C(=O)NC(C)C(=O)O)c1. The van der Waals surface area contributed by atoms with Crippen molar-refractivity contribution in [2.75, 3.05) is 5.75 Å². The summed E-state index contributed by atoms with van der Waals surface area (Å²) in [5.74, 6) is -1.85. The first-order chi connectivity index (χ1) is 8.77. The van der Waals surface area contributed by atoms with E-state index in [0.29, 0.717) is 0 Å². The summed E-state index contributed by atoms with van der Waals surface area (Å²) in [6.45, 7) is 2.83. The molecule has 0 bridgehead atoms. The minimum atomic E-state index is -3.40. The van der Waals surface area contributed by atoms with Crippen molar-refractivity contribution in [3.63, 3.8) is 0 Å². The van der Waals surface area contributed by atoms with E-state index in [4.69, 9.17) is 5.11 Å². The molecule has 6 nitrogen and oxygen atoms in total. The molecule has 0 aliphatic heterocycles. The lowest BCUT2D eigenvalue weighted by atomic mass is 10.2. The predicted octanol–water partition coefficient (Wildman–Crippen LogP) is 0.683. The van der Waals surface area contributed by atoms with Crippen molar-refractivity contribution in [2.45, 2.75) is 24.8 Å². The van der Waals surface area contributed by atoms with Gasteiger partial charge in [0.15, 0.2) is 9.84 Å². The van der Waals surface area contributed by atoms with Gasteiger partial charge in [0.05, 0.1) is 10.6 Å². The Morgan fingerprint density at radius 3 is 2.53 bits per heavy atom. The summed E-state index contributed by atoms with van der Waals surface area (Å²) < 4.78 is 23.4. The van der Waals surface area contributed by atoms with Gasteiger partial charge in [-0.25, -0.2) is 8.42 Å². The molecule has 1 amide bonds. The van der Waals surface area contributed by atoms with Gasteiger partial charge in [-0.1, -0.05) is 13.0 Å². The smallest absolute Gasteiger partial charge is 0.325 e. The first-order valence-electron chi connectivity index (χ1n) is 5.64. The topological polar surface area (TPSA) is 101 Å². The fourth-order valence-corrected chi connectivity index (χ4v) is 2.26. The molecule has 0 spiro atoms. The van der Waals surface area contributed by atoms with Crippen LogP contribution in [0.25, 0.3) is 0 Å². The molecule has 7 heteroatoms. The quantitative estimate of drug-likeness (QED) is 0.828. The maximum Gasteiger partial charge on any atom is 0.325 e. The van der Waals surface area contributed by atoms with Gasteiger partial charge in [-0.3, -0.25) is 9.59 Å². The van der Waals surface area contributed by atoms with Crippen LogP contribution in [0, 0.1) is 0 Å². The van der Waals surface area contributed by atoms with E-state index in [0.717, 1.165) is 0 Å². The number of carbonyl (C=O) groups excluding carboxylic acids is 1. The third kappa shape index (κ3) is 3.78. The monoisotopic (exact) mass is 285 g/mol. The van der Waals surface area contributed by atoms with Crippen molar-refractivity contribution >= 4 is 21.7 Å². The lowest BCUT2D eigenvalue weighted by Crippen LogP contribution is -2.38. The maximum absolute atomic E-state index is 11.8. The Hall–Kier alpha value is -1.89. The Morgan fingerprint density at radius 2 is 2.00 bits per heavy atom. The zero-order valence-electron chi connectivity index (χ0n) is 10.6. The van der Waals surface area contributed by atoms with Gasteiger partial charge in [0, 0.05) is 5.56 Å². The Labute approximate surface area is 111 Å². The fourth-order valence-electron chi connectivity index (χ4n) is 1.34. The van der Waals surface area contributed by atoms with Crippen LogP contribution in [0.15, 0.2) is 29.2 Å². The van der Waals surface area contributed by atoms with Gasteiger partial charge in [-0.2, -0.15) is 0 Å². The van der Waals surface area contributed by atoms with Crippen LogP contribution in [0.2, 0.25) is 0 Å². The van der Waals surface area contributed by atoms with Crippen LogP contribution in [-0.4, -0.2) is 37.2 Å². The van der Waals surface area contributed by atoms with Crippen LogP contribution in [0.1, 0.15) is 24.2 Å². The molecule has 1 aromatic carbocycles. The average Bonchev–Trinajstić information content (AvgIpc) is 2.38. The van der Waals surface area contributed by atoms with E-state index in [-0.39, 0.29) is 16.2 Å². The van der Waals surface area contributed by atoms with Gasteiger partial charge in [-0.15, -0.1) is 0 Å². The van der Waals surface area contributed by atoms with Gasteiger partial charge < -0.3 is 10.4 Å². The van der Waals surface area contributed by atoms with Crippen LogP contribution in [-0.2, 0) is 14.6 Å². The van der Waals surface area contributed by atoms with Crippen LogP contribution in [0.3, 0.4) is 0 Å². The van der Waals surface area contributed by atoms with E-state index in [2.05, 4.69) is 5.32 Å². The van der Waals surface area contributed by atoms with Gasteiger partial charge in [0.2, 0.25) is 0 Å². The number of carboxylic acid groups (broad SMARTS) is 1. The molecule has 0 aliphatic carbocycles. The van der Waals surface area contributed by atoms with Gasteiger partial charge in [0.25, 0.3) is 5.91 Å². The number of rotatable bonds is 5. The molecule has 1 rings (SSSR count). The molecule has 0 fully saturated rings. The van der Waals surface area contributed by atoms with Crippen molar-refractivity contribution in [2.24, 2.45) is 0 Å². The zero-order valence-corrected chi connectivity index (χ0v) is 11.4. The van der Waals surface area contributed by atoms with Gasteiger partial charge >= 0.3 is 5.97 Å². The summed E-state index contributed by atoms with van der Waals surface area (Å²) in [6.07, 6.45) is 0. The largest absolute Gasteiger partial charge is 0.480 e. The first kappa shape index (κ1) is 15.2. The summed E-state index contributed by atoms with van der Waals surface area (Å²) in [7, 11) is -3.40. The number of carbonyl (C=O) groups is 2. The maximum atomic E-state index is 11.8. The molecular weight excluding hydrogens is 270 g/mol. The van der Waals surface area contributed by atoms with E-state index in [9.17, 15) is 18.0 Å². The van der Waals surface area contributed by atoms with Crippen molar-refractivity contribution in [1.29, 1.82) is 0 Å². The van der Waals surface area contributed by atoms with Crippen LogP contribution >= 0.6 is 0 Å². The molecular formula is C12H15NO5S. The third-order valence-electron chi connectivity index (χ3n) is 2.55. The van der Waals surface area contributed by atoms with Crippen molar-refractivity contribution < 1.29 is 23.1 Å². The standard InChI is InChI=1S/C12H15NO5S/c1-3-19(17,18)10-6-4-5-9(7-10)11(14)13-8(2)12(15)16/h4-8H,3H2,1-2H3,(H,13,14)(H,15,16). The highest BCUT2D eigenvalue weighted by Gasteiger charge is 2.17. The molecule has 1 atom stereocenters. The Bertz CT molecular complexity index is 594. The summed E-state index contributed by atoms with van der Waals surface area (Å²) in [5, 5.41) is 10.9. The molecule has 0 saturated heterocycles. The summed E-state index contributed by atoms with van der Waals surface area (Å²) in [6, 6.07) is 4.47. The predicted molar refractivity (Wildman–Crippen MR) is 68.7 cm³/mol. The second-order valence-electron chi connectivity index (χ2n) is 3.96. The number of benzene rings is 1. The molecule has 1 aromatic rings. The van der Waals surface area contributed by atoms with Crippen LogP contribution < -0.4 is 5.32 Å².